The summed E-state index contributed by atoms with van der Waals surface area (Å²) in [5.74, 6) is -3.52. The summed E-state index contributed by atoms with van der Waals surface area (Å²) in [7, 11) is 0. The third-order valence-corrected chi connectivity index (χ3v) is 3.22. The molecule has 0 aromatic heterocycles. The molecule has 1 fully saturated rings. The van der Waals surface area contributed by atoms with Crippen molar-refractivity contribution in [2.45, 2.75) is 12.5 Å². The highest BCUT2D eigenvalue weighted by Crippen LogP contribution is 2.25. The van der Waals surface area contributed by atoms with Crippen LogP contribution in [-0.4, -0.2) is 45.5 Å². The van der Waals surface area contributed by atoms with Crippen LogP contribution in [0.1, 0.15) is 16.8 Å². The number of amides is 1. The van der Waals surface area contributed by atoms with Gasteiger partial charge in [0.05, 0.1) is 5.92 Å². The molecular weight excluding hydrogens is 250 g/mol. The van der Waals surface area contributed by atoms with Crippen LogP contribution >= 0.6 is 0 Å². The van der Waals surface area contributed by atoms with Gasteiger partial charge in [-0.3, -0.25) is 9.59 Å². The fraction of sp³-hybridized carbons (Fsp3) is 0.308. The number of nitrogens with zero attached hydrogens (tertiary/aromatic N) is 1. The SMILES string of the molecule is O=C(O)C1CC(C(=O)O)N(C(=O)c2ccccc2)C1. The molecule has 1 aliphatic heterocycles. The van der Waals surface area contributed by atoms with Crippen LogP contribution in [0.25, 0.3) is 0 Å². The van der Waals surface area contributed by atoms with Gasteiger partial charge in [0, 0.05) is 12.1 Å². The fourth-order valence-electron chi connectivity index (χ4n) is 2.22. The van der Waals surface area contributed by atoms with Gasteiger partial charge in [0.2, 0.25) is 0 Å². The standard InChI is InChI=1S/C13H13NO5/c15-11(8-4-2-1-3-5-8)14-7-9(12(16)17)6-10(14)13(18)19/h1-5,9-10H,6-7H2,(H,16,17)(H,18,19). The van der Waals surface area contributed by atoms with Gasteiger partial charge in [0.1, 0.15) is 6.04 Å². The van der Waals surface area contributed by atoms with Crippen LogP contribution in [-0.2, 0) is 9.59 Å². The number of carboxylic acid groups (broad SMARTS) is 2. The highest BCUT2D eigenvalue weighted by molar-refractivity contribution is 5.97. The first kappa shape index (κ1) is 13.1. The lowest BCUT2D eigenvalue weighted by atomic mass is 10.1. The zero-order valence-electron chi connectivity index (χ0n) is 10.0. The second kappa shape index (κ2) is 5.09. The van der Waals surface area contributed by atoms with Crippen molar-refractivity contribution < 1.29 is 24.6 Å². The number of aliphatic carboxylic acids is 2. The summed E-state index contributed by atoms with van der Waals surface area (Å²) in [4.78, 5) is 35.4. The van der Waals surface area contributed by atoms with Crippen LogP contribution < -0.4 is 0 Å². The molecule has 0 aliphatic carbocycles. The average Bonchev–Trinajstić information content (AvgIpc) is 2.84. The van der Waals surface area contributed by atoms with Crippen LogP contribution in [0.5, 0.6) is 0 Å². The summed E-state index contributed by atoms with van der Waals surface area (Å²) in [6.45, 7) is -0.0694. The van der Waals surface area contributed by atoms with E-state index in [-0.39, 0.29) is 13.0 Å². The first-order chi connectivity index (χ1) is 9.00. The monoisotopic (exact) mass is 263 g/mol. The van der Waals surface area contributed by atoms with Crippen LogP contribution in [0.15, 0.2) is 30.3 Å². The van der Waals surface area contributed by atoms with E-state index in [2.05, 4.69) is 0 Å². The lowest BCUT2D eigenvalue weighted by Gasteiger charge is -2.21. The molecule has 0 bridgehead atoms. The molecule has 1 heterocycles. The van der Waals surface area contributed by atoms with Gasteiger partial charge in [0.25, 0.3) is 5.91 Å². The molecule has 0 spiro atoms. The summed E-state index contributed by atoms with van der Waals surface area (Å²) >= 11 is 0. The zero-order chi connectivity index (χ0) is 14.0. The molecule has 100 valence electrons. The van der Waals surface area contributed by atoms with Gasteiger partial charge in [-0.15, -0.1) is 0 Å². The summed E-state index contributed by atoms with van der Waals surface area (Å²) in [6, 6.07) is 7.18. The minimum atomic E-state index is -1.17. The van der Waals surface area contributed by atoms with Gasteiger partial charge in [-0.1, -0.05) is 18.2 Å². The number of hydrogen-bond acceptors (Lipinski definition) is 3. The minimum Gasteiger partial charge on any atom is -0.481 e. The van der Waals surface area contributed by atoms with Crippen LogP contribution in [0.3, 0.4) is 0 Å². The second-order valence-corrected chi connectivity index (χ2v) is 4.45. The zero-order valence-corrected chi connectivity index (χ0v) is 10.0. The Kier molecular flexibility index (Phi) is 3.50. The van der Waals surface area contributed by atoms with Gasteiger partial charge >= 0.3 is 11.9 Å². The van der Waals surface area contributed by atoms with Crippen molar-refractivity contribution in [3.05, 3.63) is 35.9 Å². The van der Waals surface area contributed by atoms with Crippen LogP contribution in [0.4, 0.5) is 0 Å². The molecule has 2 N–H and O–H groups in total. The maximum Gasteiger partial charge on any atom is 0.326 e. The van der Waals surface area contributed by atoms with Crippen molar-refractivity contribution in [1.82, 2.24) is 4.90 Å². The normalized spacial score (nSPS) is 22.2. The van der Waals surface area contributed by atoms with Crippen molar-refractivity contribution in [3.8, 4) is 0 Å². The molecule has 0 radical (unpaired) electrons. The van der Waals surface area contributed by atoms with Crippen molar-refractivity contribution in [2.75, 3.05) is 6.54 Å². The molecule has 1 amide bonds. The quantitative estimate of drug-likeness (QED) is 0.836. The van der Waals surface area contributed by atoms with Crippen molar-refractivity contribution in [2.24, 2.45) is 5.92 Å². The van der Waals surface area contributed by atoms with E-state index < -0.39 is 29.8 Å². The van der Waals surface area contributed by atoms with E-state index in [1.165, 1.54) is 0 Å². The highest BCUT2D eigenvalue weighted by Gasteiger charge is 2.42. The molecule has 0 saturated carbocycles. The number of benzene rings is 1. The Bertz CT molecular complexity index is 513. The van der Waals surface area contributed by atoms with Gasteiger partial charge in [-0.05, 0) is 18.6 Å². The van der Waals surface area contributed by atoms with Gasteiger partial charge in [0.15, 0.2) is 0 Å². The molecule has 2 rings (SSSR count). The van der Waals surface area contributed by atoms with Crippen LogP contribution in [0.2, 0.25) is 0 Å². The molecule has 6 heteroatoms. The third kappa shape index (κ3) is 2.57. The van der Waals surface area contributed by atoms with Crippen molar-refractivity contribution >= 4 is 17.8 Å². The second-order valence-electron chi connectivity index (χ2n) is 4.45. The fourth-order valence-corrected chi connectivity index (χ4v) is 2.22. The molecule has 2 atom stereocenters. The molecule has 1 aromatic rings. The Labute approximate surface area is 109 Å². The van der Waals surface area contributed by atoms with E-state index in [1.54, 1.807) is 30.3 Å². The topological polar surface area (TPSA) is 94.9 Å². The summed E-state index contributed by atoms with van der Waals surface area (Å²) < 4.78 is 0. The number of likely N-dealkylation sites (tertiary alicyclic amines) is 1. The largest absolute Gasteiger partial charge is 0.481 e. The number of carbonyl (C=O) groups is 3. The first-order valence-electron chi connectivity index (χ1n) is 5.82. The van der Waals surface area contributed by atoms with E-state index in [1.807, 2.05) is 0 Å². The van der Waals surface area contributed by atoms with Gasteiger partial charge in [-0.25, -0.2) is 4.79 Å². The Hall–Kier alpha value is -2.37. The van der Waals surface area contributed by atoms with E-state index in [0.29, 0.717) is 5.56 Å². The maximum atomic E-state index is 12.2. The van der Waals surface area contributed by atoms with Crippen LogP contribution in [0, 0.1) is 5.92 Å². The summed E-state index contributed by atoms with van der Waals surface area (Å²) in [5.41, 5.74) is 0.361. The molecule has 2 unspecified atom stereocenters. The molecule has 1 aliphatic rings. The van der Waals surface area contributed by atoms with E-state index in [4.69, 9.17) is 10.2 Å². The Morgan fingerprint density at radius 3 is 2.21 bits per heavy atom. The van der Waals surface area contributed by atoms with Gasteiger partial charge < -0.3 is 15.1 Å². The lowest BCUT2D eigenvalue weighted by Crippen LogP contribution is -2.40. The van der Waals surface area contributed by atoms with E-state index >= 15 is 0 Å². The maximum absolute atomic E-state index is 12.2. The predicted molar refractivity (Wildman–Crippen MR) is 64.6 cm³/mol. The summed E-state index contributed by atoms with van der Waals surface area (Å²) in [6.07, 6.45) is -0.0523. The molecule has 6 nitrogen and oxygen atoms in total. The Morgan fingerprint density at radius 1 is 1.05 bits per heavy atom. The molecular formula is C13H13NO5. The van der Waals surface area contributed by atoms with Crippen molar-refractivity contribution in [1.29, 1.82) is 0 Å². The number of rotatable bonds is 3. The molecule has 1 saturated heterocycles. The third-order valence-electron chi connectivity index (χ3n) is 3.22. The van der Waals surface area contributed by atoms with Gasteiger partial charge in [-0.2, -0.15) is 0 Å². The highest BCUT2D eigenvalue weighted by atomic mass is 16.4. The predicted octanol–water partition coefficient (Wildman–Crippen LogP) is 0.686. The smallest absolute Gasteiger partial charge is 0.326 e. The molecule has 1 aromatic carbocycles. The summed E-state index contributed by atoms with van der Waals surface area (Å²) in [5, 5.41) is 18.0. The van der Waals surface area contributed by atoms with E-state index in [9.17, 15) is 14.4 Å². The Morgan fingerprint density at radius 2 is 1.68 bits per heavy atom. The first-order valence-corrected chi connectivity index (χ1v) is 5.82. The number of carboxylic acids is 2. The Balaban J connectivity index is 2.24. The number of hydrogen-bond donors (Lipinski definition) is 2. The average molecular weight is 263 g/mol. The lowest BCUT2D eigenvalue weighted by molar-refractivity contribution is -0.141. The minimum absolute atomic E-state index is 0.0523. The van der Waals surface area contributed by atoms with Crippen molar-refractivity contribution in [3.63, 3.8) is 0 Å². The van der Waals surface area contributed by atoms with E-state index in [0.717, 1.165) is 4.90 Å². The number of carbonyl (C=O) groups excluding carboxylic acids is 1. The molecule has 19 heavy (non-hydrogen) atoms.